The third kappa shape index (κ3) is 25.0. The normalized spacial score (nSPS) is 11.4. The fraction of sp³-hybridized carbons (Fsp3) is 1.00. The third-order valence-corrected chi connectivity index (χ3v) is 5.06. The molecule has 0 bridgehead atoms. The minimum atomic E-state index is -3.74. The number of hydrogen-bond donors (Lipinski definition) is 1. The van der Waals surface area contributed by atoms with Crippen LogP contribution >= 0.6 is 0 Å². The Balaban J connectivity index is 0. The molecule has 0 aromatic heterocycles. The summed E-state index contributed by atoms with van der Waals surface area (Å²) in [5.41, 5.74) is 0. The molecule has 0 amide bonds. The molecule has 0 aliphatic heterocycles. The zero-order chi connectivity index (χ0) is 16.5. The van der Waals surface area contributed by atoms with Gasteiger partial charge in [-0.3, -0.25) is 4.55 Å². The summed E-state index contributed by atoms with van der Waals surface area (Å²) < 4.78 is 29.7. The quantitative estimate of drug-likeness (QED) is 0.204. The predicted octanol–water partition coefficient (Wildman–Crippen LogP) is 5.75. The number of unbranched alkanes of at least 4 members (excludes halogenated alkanes) is 15. The van der Waals surface area contributed by atoms with Crippen LogP contribution in [-0.4, -0.2) is 41.8 Å². The van der Waals surface area contributed by atoms with Gasteiger partial charge >= 0.3 is 23.1 Å². The van der Waals surface area contributed by atoms with Crippen LogP contribution in [0.4, 0.5) is 0 Å². The monoisotopic (exact) mass is 358 g/mol. The van der Waals surface area contributed by atoms with Gasteiger partial charge in [0.25, 0.3) is 10.1 Å². The standard InChI is InChI=1S/C18H38O3S.Mg/c1-2-3-4-5-6-7-8-9-10-11-12-13-14-15-16-17-18-22(19,20)21;/h2-18H2,1H3,(H,19,20,21);/q;+2. The summed E-state index contributed by atoms with van der Waals surface area (Å²) in [5.74, 6) is -0.0779. The summed E-state index contributed by atoms with van der Waals surface area (Å²) in [4.78, 5) is 0. The van der Waals surface area contributed by atoms with Crippen LogP contribution in [0.5, 0.6) is 0 Å². The van der Waals surface area contributed by atoms with Gasteiger partial charge in [-0.15, -0.1) is 0 Å². The Labute approximate surface area is 161 Å². The Bertz CT molecular complexity index is 318. The van der Waals surface area contributed by atoms with Gasteiger partial charge in [0, 0.05) is 0 Å². The molecule has 5 heteroatoms. The van der Waals surface area contributed by atoms with Gasteiger partial charge in [0.05, 0.1) is 5.75 Å². The van der Waals surface area contributed by atoms with Gasteiger partial charge in [0.15, 0.2) is 0 Å². The van der Waals surface area contributed by atoms with Gasteiger partial charge in [-0.2, -0.15) is 8.42 Å². The van der Waals surface area contributed by atoms with E-state index in [2.05, 4.69) is 6.92 Å². The zero-order valence-electron chi connectivity index (χ0n) is 15.4. The van der Waals surface area contributed by atoms with Crippen LogP contribution in [0.25, 0.3) is 0 Å². The molecule has 3 nitrogen and oxygen atoms in total. The van der Waals surface area contributed by atoms with Crippen LogP contribution in [0.3, 0.4) is 0 Å². The SMILES string of the molecule is CCCCCCCCCCCCCCCCCCS(=O)(=O)O.[Mg+2]. The molecule has 134 valence electrons. The smallest absolute Gasteiger partial charge is 0.286 e. The molecule has 0 fully saturated rings. The first-order valence-electron chi connectivity index (χ1n) is 9.51. The van der Waals surface area contributed by atoms with Gasteiger partial charge in [-0.05, 0) is 6.42 Å². The van der Waals surface area contributed by atoms with Crippen LogP contribution in [-0.2, 0) is 10.1 Å². The second kappa shape index (κ2) is 19.0. The van der Waals surface area contributed by atoms with Crippen molar-refractivity contribution in [3.8, 4) is 0 Å². The van der Waals surface area contributed by atoms with E-state index < -0.39 is 10.1 Å². The van der Waals surface area contributed by atoms with E-state index >= 15 is 0 Å². The van der Waals surface area contributed by atoms with Crippen LogP contribution in [0.1, 0.15) is 110 Å². The fourth-order valence-electron chi connectivity index (χ4n) is 2.83. The van der Waals surface area contributed by atoms with Crippen molar-refractivity contribution in [1.29, 1.82) is 0 Å². The Kier molecular flexibility index (Phi) is 21.4. The number of hydrogen-bond acceptors (Lipinski definition) is 2. The first-order chi connectivity index (χ1) is 10.6. The Hall–Kier alpha value is 0.676. The maximum atomic E-state index is 10.5. The minimum absolute atomic E-state index is 0. The van der Waals surface area contributed by atoms with Crippen LogP contribution in [0.2, 0.25) is 0 Å². The predicted molar refractivity (Wildman–Crippen MR) is 102 cm³/mol. The summed E-state index contributed by atoms with van der Waals surface area (Å²) in [6, 6.07) is 0. The van der Waals surface area contributed by atoms with E-state index in [4.69, 9.17) is 4.55 Å². The molecule has 0 saturated carbocycles. The minimum Gasteiger partial charge on any atom is -0.286 e. The van der Waals surface area contributed by atoms with Crippen LogP contribution in [0.15, 0.2) is 0 Å². The summed E-state index contributed by atoms with van der Waals surface area (Å²) in [5, 5.41) is 0. The molecule has 0 aromatic carbocycles. The molecule has 0 aliphatic rings. The van der Waals surface area contributed by atoms with Crippen molar-refractivity contribution < 1.29 is 13.0 Å². The molecule has 0 saturated heterocycles. The molecule has 0 heterocycles. The molecule has 0 spiro atoms. The number of rotatable bonds is 17. The summed E-state index contributed by atoms with van der Waals surface area (Å²) >= 11 is 0. The topological polar surface area (TPSA) is 54.4 Å². The van der Waals surface area contributed by atoms with E-state index in [1.54, 1.807) is 0 Å². The van der Waals surface area contributed by atoms with Gasteiger partial charge in [-0.25, -0.2) is 0 Å². The molecule has 0 atom stereocenters. The molecule has 0 aromatic rings. The zero-order valence-corrected chi connectivity index (χ0v) is 17.6. The van der Waals surface area contributed by atoms with E-state index in [1.165, 1.54) is 83.5 Å². The van der Waals surface area contributed by atoms with E-state index in [9.17, 15) is 8.42 Å². The van der Waals surface area contributed by atoms with Gasteiger partial charge in [0.2, 0.25) is 0 Å². The maximum absolute atomic E-state index is 10.5. The first kappa shape index (κ1) is 25.9. The van der Waals surface area contributed by atoms with Crippen LogP contribution < -0.4 is 0 Å². The molecule has 0 rings (SSSR count). The van der Waals surface area contributed by atoms with E-state index in [1.807, 2.05) is 0 Å². The Morgan fingerprint density at radius 2 is 0.826 bits per heavy atom. The van der Waals surface area contributed by atoms with Crippen LogP contribution in [0, 0.1) is 0 Å². The Morgan fingerprint density at radius 3 is 1.09 bits per heavy atom. The molecular weight excluding hydrogens is 321 g/mol. The van der Waals surface area contributed by atoms with Crippen molar-refractivity contribution >= 4 is 33.2 Å². The van der Waals surface area contributed by atoms with Gasteiger partial charge in [0.1, 0.15) is 0 Å². The molecule has 0 radical (unpaired) electrons. The summed E-state index contributed by atoms with van der Waals surface area (Å²) in [6.45, 7) is 2.26. The van der Waals surface area contributed by atoms with Crippen molar-refractivity contribution in [3.05, 3.63) is 0 Å². The second-order valence-corrected chi connectivity index (χ2v) is 8.16. The summed E-state index contributed by atoms with van der Waals surface area (Å²) in [7, 11) is -3.74. The average Bonchev–Trinajstić information content (AvgIpc) is 2.45. The molecular formula is C18H38MgO3S+2. The first-order valence-corrected chi connectivity index (χ1v) is 11.1. The maximum Gasteiger partial charge on any atom is 2.00 e. The molecule has 1 N–H and O–H groups in total. The van der Waals surface area contributed by atoms with E-state index in [0.717, 1.165) is 12.8 Å². The van der Waals surface area contributed by atoms with Crippen molar-refractivity contribution in [2.45, 2.75) is 110 Å². The van der Waals surface area contributed by atoms with Gasteiger partial charge < -0.3 is 0 Å². The largest absolute Gasteiger partial charge is 2.00 e. The van der Waals surface area contributed by atoms with Crippen molar-refractivity contribution in [2.75, 3.05) is 5.75 Å². The van der Waals surface area contributed by atoms with Crippen molar-refractivity contribution in [3.63, 3.8) is 0 Å². The average molecular weight is 359 g/mol. The molecule has 0 unspecified atom stereocenters. The third-order valence-electron chi connectivity index (χ3n) is 4.26. The second-order valence-electron chi connectivity index (χ2n) is 6.59. The van der Waals surface area contributed by atoms with Crippen molar-refractivity contribution in [2.24, 2.45) is 0 Å². The summed E-state index contributed by atoms with van der Waals surface area (Å²) in [6.07, 6.45) is 20.3. The molecule has 23 heavy (non-hydrogen) atoms. The fourth-order valence-corrected chi connectivity index (χ4v) is 3.40. The van der Waals surface area contributed by atoms with Gasteiger partial charge in [-0.1, -0.05) is 103 Å². The Morgan fingerprint density at radius 1 is 0.565 bits per heavy atom. The van der Waals surface area contributed by atoms with E-state index in [-0.39, 0.29) is 28.8 Å². The van der Waals surface area contributed by atoms with Crippen molar-refractivity contribution in [1.82, 2.24) is 0 Å². The molecule has 0 aliphatic carbocycles. The van der Waals surface area contributed by atoms with E-state index in [0.29, 0.717) is 6.42 Å².